The van der Waals surface area contributed by atoms with E-state index < -0.39 is 0 Å². The number of imidazole rings is 1. The highest BCUT2D eigenvalue weighted by atomic mass is 35.5. The van der Waals surface area contributed by atoms with Crippen LogP contribution in [0.25, 0.3) is 11.2 Å². The fourth-order valence-electron chi connectivity index (χ4n) is 2.06. The van der Waals surface area contributed by atoms with Gasteiger partial charge in [-0.05, 0) is 13.8 Å². The van der Waals surface area contributed by atoms with E-state index in [9.17, 15) is 4.79 Å². The Morgan fingerprint density at radius 1 is 1.48 bits per heavy atom. The molecule has 0 atom stereocenters. The summed E-state index contributed by atoms with van der Waals surface area (Å²) < 4.78 is 6.93. The average Bonchev–Trinajstić information content (AvgIpc) is 2.76. The first-order chi connectivity index (χ1) is 10.1. The van der Waals surface area contributed by atoms with E-state index in [1.807, 2.05) is 13.8 Å². The molecule has 7 nitrogen and oxygen atoms in total. The number of halogens is 1. The van der Waals surface area contributed by atoms with Crippen LogP contribution in [0.2, 0.25) is 0 Å². The lowest BCUT2D eigenvalue weighted by Gasteiger charge is -2.11. The highest BCUT2D eigenvalue weighted by molar-refractivity contribution is 6.17. The highest BCUT2D eigenvalue weighted by Gasteiger charge is 2.18. The van der Waals surface area contributed by atoms with Crippen molar-refractivity contribution in [2.24, 2.45) is 0 Å². The lowest BCUT2D eigenvalue weighted by atomic mass is 10.4. The molecule has 2 rings (SSSR count). The molecule has 0 radical (unpaired) electrons. The summed E-state index contributed by atoms with van der Waals surface area (Å²) in [7, 11) is 1.52. The normalized spacial score (nSPS) is 11.1. The Kier molecular flexibility index (Phi) is 4.95. The Labute approximate surface area is 127 Å². The Morgan fingerprint density at radius 2 is 2.24 bits per heavy atom. The number of ether oxygens (including phenoxy) is 1. The van der Waals surface area contributed by atoms with Crippen LogP contribution < -0.4 is 10.1 Å². The van der Waals surface area contributed by atoms with Crippen LogP contribution in [-0.2, 0) is 17.8 Å². The van der Waals surface area contributed by atoms with Crippen molar-refractivity contribution in [2.75, 3.05) is 13.0 Å². The minimum Gasteiger partial charge on any atom is -0.479 e. The third-order valence-electron chi connectivity index (χ3n) is 2.84. The smallest absolute Gasteiger partial charge is 0.245 e. The van der Waals surface area contributed by atoms with Crippen molar-refractivity contribution in [3.05, 3.63) is 12.2 Å². The topological polar surface area (TPSA) is 81.9 Å². The number of methoxy groups -OCH3 is 1. The van der Waals surface area contributed by atoms with Gasteiger partial charge in [0, 0.05) is 18.3 Å². The SMILES string of the molecule is COc1ncnc2c1nc(CCCl)n2CC(=O)NC(C)C. The molecule has 0 aromatic carbocycles. The van der Waals surface area contributed by atoms with Gasteiger partial charge in [-0.2, -0.15) is 4.98 Å². The third-order valence-corrected chi connectivity index (χ3v) is 3.03. The van der Waals surface area contributed by atoms with Crippen molar-refractivity contribution in [2.45, 2.75) is 32.9 Å². The Hall–Kier alpha value is -1.89. The number of fused-ring (bicyclic) bond motifs is 1. The molecule has 2 aromatic heterocycles. The summed E-state index contributed by atoms with van der Waals surface area (Å²) in [5.74, 6) is 1.39. The zero-order chi connectivity index (χ0) is 15.4. The van der Waals surface area contributed by atoms with E-state index in [-0.39, 0.29) is 18.5 Å². The molecular formula is C13H18ClN5O2. The Bertz CT molecular complexity index is 641. The summed E-state index contributed by atoms with van der Waals surface area (Å²) >= 11 is 5.81. The van der Waals surface area contributed by atoms with Crippen LogP contribution in [0.5, 0.6) is 5.88 Å². The van der Waals surface area contributed by atoms with Gasteiger partial charge in [0.25, 0.3) is 0 Å². The summed E-state index contributed by atoms with van der Waals surface area (Å²) in [5, 5.41) is 2.85. The van der Waals surface area contributed by atoms with Crippen molar-refractivity contribution < 1.29 is 9.53 Å². The van der Waals surface area contributed by atoms with E-state index in [2.05, 4.69) is 20.3 Å². The predicted octanol–water partition coefficient (Wildman–Crippen LogP) is 1.14. The number of aromatic nitrogens is 4. The van der Waals surface area contributed by atoms with Gasteiger partial charge in [-0.3, -0.25) is 4.79 Å². The van der Waals surface area contributed by atoms with E-state index in [1.54, 1.807) is 4.57 Å². The van der Waals surface area contributed by atoms with Crippen molar-refractivity contribution in [1.82, 2.24) is 24.8 Å². The minimum absolute atomic E-state index is 0.0768. The summed E-state index contributed by atoms with van der Waals surface area (Å²) in [4.78, 5) is 24.7. The fourth-order valence-corrected chi connectivity index (χ4v) is 2.23. The van der Waals surface area contributed by atoms with Crippen molar-refractivity contribution in [1.29, 1.82) is 0 Å². The fraction of sp³-hybridized carbons (Fsp3) is 0.538. The molecule has 0 saturated heterocycles. The number of rotatable bonds is 6. The van der Waals surface area contributed by atoms with E-state index >= 15 is 0 Å². The molecule has 1 N–H and O–H groups in total. The van der Waals surface area contributed by atoms with Crippen LogP contribution >= 0.6 is 11.6 Å². The second-order valence-corrected chi connectivity index (χ2v) is 5.21. The standard InChI is InChI=1S/C13H18ClN5O2/c1-8(2)17-10(20)6-19-9(4-5-14)18-11-12(19)15-7-16-13(11)21-3/h7-8H,4-6H2,1-3H3,(H,17,20). The second-order valence-electron chi connectivity index (χ2n) is 4.83. The molecule has 0 aliphatic rings. The van der Waals surface area contributed by atoms with Gasteiger partial charge in [0.15, 0.2) is 11.2 Å². The van der Waals surface area contributed by atoms with Crippen molar-refractivity contribution in [3.63, 3.8) is 0 Å². The Morgan fingerprint density at radius 3 is 2.86 bits per heavy atom. The van der Waals surface area contributed by atoms with Gasteiger partial charge in [-0.1, -0.05) is 0 Å². The third kappa shape index (κ3) is 3.41. The zero-order valence-corrected chi connectivity index (χ0v) is 13.0. The molecule has 8 heteroatoms. The molecule has 0 spiro atoms. The van der Waals surface area contributed by atoms with E-state index in [0.29, 0.717) is 35.2 Å². The van der Waals surface area contributed by atoms with Gasteiger partial charge in [-0.25, -0.2) is 9.97 Å². The van der Waals surface area contributed by atoms with Crippen molar-refractivity contribution in [3.8, 4) is 5.88 Å². The van der Waals surface area contributed by atoms with Gasteiger partial charge in [0.05, 0.1) is 7.11 Å². The quantitative estimate of drug-likeness (QED) is 0.809. The maximum atomic E-state index is 12.0. The largest absolute Gasteiger partial charge is 0.479 e. The second kappa shape index (κ2) is 6.71. The number of amides is 1. The van der Waals surface area contributed by atoms with Gasteiger partial charge in [0.1, 0.15) is 18.7 Å². The van der Waals surface area contributed by atoms with Crippen LogP contribution in [0, 0.1) is 0 Å². The number of carbonyl (C=O) groups is 1. The summed E-state index contributed by atoms with van der Waals surface area (Å²) in [5.41, 5.74) is 1.11. The van der Waals surface area contributed by atoms with Crippen LogP contribution in [0.3, 0.4) is 0 Å². The number of nitrogens with zero attached hydrogens (tertiary/aromatic N) is 4. The van der Waals surface area contributed by atoms with Crippen LogP contribution in [0.15, 0.2) is 6.33 Å². The maximum Gasteiger partial charge on any atom is 0.245 e. The molecule has 0 fully saturated rings. The van der Waals surface area contributed by atoms with Crippen LogP contribution in [0.4, 0.5) is 0 Å². The number of hydrogen-bond donors (Lipinski definition) is 1. The Balaban J connectivity index is 2.44. The number of hydrogen-bond acceptors (Lipinski definition) is 5. The summed E-state index contributed by atoms with van der Waals surface area (Å²) in [6.45, 7) is 3.96. The molecule has 0 bridgehead atoms. The lowest BCUT2D eigenvalue weighted by molar-refractivity contribution is -0.122. The number of alkyl halides is 1. The highest BCUT2D eigenvalue weighted by Crippen LogP contribution is 2.22. The van der Waals surface area contributed by atoms with E-state index in [1.165, 1.54) is 13.4 Å². The first kappa shape index (κ1) is 15.5. The average molecular weight is 312 g/mol. The van der Waals surface area contributed by atoms with Gasteiger partial charge >= 0.3 is 0 Å². The van der Waals surface area contributed by atoms with E-state index in [4.69, 9.17) is 16.3 Å². The predicted molar refractivity (Wildman–Crippen MR) is 79.6 cm³/mol. The first-order valence-electron chi connectivity index (χ1n) is 6.66. The number of nitrogens with one attached hydrogen (secondary N) is 1. The zero-order valence-electron chi connectivity index (χ0n) is 12.3. The molecule has 114 valence electrons. The first-order valence-corrected chi connectivity index (χ1v) is 7.19. The molecular weight excluding hydrogens is 294 g/mol. The summed E-state index contributed by atoms with van der Waals surface area (Å²) in [6.07, 6.45) is 1.93. The number of carbonyl (C=O) groups excluding carboxylic acids is 1. The van der Waals surface area contributed by atoms with E-state index in [0.717, 1.165) is 0 Å². The molecule has 21 heavy (non-hydrogen) atoms. The molecule has 0 unspecified atom stereocenters. The molecule has 0 saturated carbocycles. The number of aryl methyl sites for hydroxylation is 1. The molecule has 0 aliphatic carbocycles. The molecule has 2 heterocycles. The van der Waals surface area contributed by atoms with Gasteiger partial charge in [-0.15, -0.1) is 11.6 Å². The van der Waals surface area contributed by atoms with Crippen LogP contribution in [-0.4, -0.2) is 44.5 Å². The monoisotopic (exact) mass is 311 g/mol. The van der Waals surface area contributed by atoms with Crippen molar-refractivity contribution >= 4 is 28.7 Å². The minimum atomic E-state index is -0.0994. The van der Waals surface area contributed by atoms with Gasteiger partial charge in [0.2, 0.25) is 11.8 Å². The molecule has 2 aromatic rings. The maximum absolute atomic E-state index is 12.0. The molecule has 1 amide bonds. The van der Waals surface area contributed by atoms with Crippen LogP contribution in [0.1, 0.15) is 19.7 Å². The van der Waals surface area contributed by atoms with Gasteiger partial charge < -0.3 is 14.6 Å². The summed E-state index contributed by atoms with van der Waals surface area (Å²) in [6, 6.07) is 0.0768. The lowest BCUT2D eigenvalue weighted by Crippen LogP contribution is -2.33. The molecule has 0 aliphatic heterocycles.